The van der Waals surface area contributed by atoms with Crippen molar-refractivity contribution in [3.05, 3.63) is 54.1 Å². The van der Waals surface area contributed by atoms with Gasteiger partial charge in [0.15, 0.2) is 25.5 Å². The fraction of sp³-hybridized carbons (Fsp3) is 0.529. The number of sulfone groups is 2. The number of allylic oxidation sites excluding steroid dienone is 1. The smallest absolute Gasteiger partial charge is 0.251 e. The molecule has 59 heavy (non-hydrogen) atoms. The highest BCUT2D eigenvalue weighted by molar-refractivity contribution is 7.91. The zero-order valence-electron chi connectivity index (χ0n) is 31.3. The average molecular weight is 893 g/mol. The molecule has 0 aliphatic heterocycles. The second-order valence-electron chi connectivity index (χ2n) is 14.0. The molecule has 6 rings (SSSR count). The highest BCUT2D eigenvalue weighted by Gasteiger charge is 2.69. The molecule has 0 amide bonds. The van der Waals surface area contributed by atoms with Crippen molar-refractivity contribution in [2.45, 2.75) is 111 Å². The number of hydrogen-bond acceptors (Lipinski definition) is 10. The van der Waals surface area contributed by atoms with Crippen molar-refractivity contribution in [3.63, 3.8) is 0 Å². The van der Waals surface area contributed by atoms with E-state index in [2.05, 4.69) is 30.1 Å². The van der Waals surface area contributed by atoms with Gasteiger partial charge in [-0.2, -0.15) is 43.9 Å². The SMILES string of the molecule is CCS(=O)(=O)c1cc(C2CC2)cnc1-c1ncn(/C=C(\F)C(F)(F)C(C)(F)F)n1.CCS(=O)(=O)c1cc(C2CC2)cnc1-c1ncn(CC(F)(F)C(F)(F)C(C)(F)F)n1. The molecule has 4 aromatic rings. The highest BCUT2D eigenvalue weighted by atomic mass is 32.2. The number of rotatable bonds is 15. The summed E-state index contributed by atoms with van der Waals surface area (Å²) in [6.45, 7) is 0.552. The summed E-state index contributed by atoms with van der Waals surface area (Å²) >= 11 is 0. The summed E-state index contributed by atoms with van der Waals surface area (Å²) in [5.41, 5.74) is 1.09. The number of pyridine rings is 2. The lowest BCUT2D eigenvalue weighted by Crippen LogP contribution is -2.54. The normalized spacial score (nSPS) is 16.2. The largest absolute Gasteiger partial charge is 0.373 e. The van der Waals surface area contributed by atoms with E-state index in [1.807, 2.05) is 0 Å². The number of halogens is 11. The van der Waals surface area contributed by atoms with Crippen LogP contribution in [0.4, 0.5) is 48.3 Å². The number of nitrogens with zero attached hydrogens (tertiary/aromatic N) is 8. The van der Waals surface area contributed by atoms with Crippen molar-refractivity contribution < 1.29 is 65.1 Å². The maximum absolute atomic E-state index is 13.8. The third-order valence-corrected chi connectivity index (χ3v) is 12.7. The Morgan fingerprint density at radius 1 is 0.695 bits per heavy atom. The molecule has 4 heterocycles. The van der Waals surface area contributed by atoms with E-state index in [4.69, 9.17) is 0 Å². The van der Waals surface area contributed by atoms with E-state index in [0.29, 0.717) is 16.6 Å². The lowest BCUT2D eigenvalue weighted by atomic mass is 10.1. The van der Waals surface area contributed by atoms with Gasteiger partial charge in [0.05, 0.1) is 27.5 Å². The van der Waals surface area contributed by atoms with Crippen LogP contribution in [0.25, 0.3) is 29.2 Å². The predicted molar refractivity (Wildman–Crippen MR) is 187 cm³/mol. The van der Waals surface area contributed by atoms with Crippen LogP contribution in [-0.4, -0.2) is 97.5 Å². The second-order valence-corrected chi connectivity index (χ2v) is 18.5. The number of aromatic nitrogens is 8. The lowest BCUT2D eigenvalue weighted by Gasteiger charge is -2.30. The third kappa shape index (κ3) is 9.59. The van der Waals surface area contributed by atoms with Crippen molar-refractivity contribution in [1.82, 2.24) is 39.5 Å². The van der Waals surface area contributed by atoms with Crippen LogP contribution in [0.15, 0.2) is 52.8 Å². The van der Waals surface area contributed by atoms with Crippen molar-refractivity contribution in [2.75, 3.05) is 11.5 Å². The van der Waals surface area contributed by atoms with Crippen LogP contribution in [0.2, 0.25) is 0 Å². The van der Waals surface area contributed by atoms with Gasteiger partial charge in [-0.1, -0.05) is 13.8 Å². The van der Waals surface area contributed by atoms with Crippen LogP contribution in [-0.2, 0) is 26.2 Å². The minimum Gasteiger partial charge on any atom is -0.251 e. The summed E-state index contributed by atoms with van der Waals surface area (Å²) in [5.74, 6) is -28.6. The van der Waals surface area contributed by atoms with E-state index in [1.54, 1.807) is 0 Å². The first kappa shape index (κ1) is 45.5. The topological polar surface area (TPSA) is 155 Å². The van der Waals surface area contributed by atoms with Gasteiger partial charge < -0.3 is 0 Å². The Balaban J connectivity index is 0.000000224. The molecule has 0 unspecified atom stereocenters. The minimum absolute atomic E-state index is 0.0560. The van der Waals surface area contributed by atoms with E-state index in [1.165, 1.54) is 38.4 Å². The van der Waals surface area contributed by atoms with E-state index >= 15 is 0 Å². The number of hydrogen-bond donors (Lipinski definition) is 0. The monoisotopic (exact) mass is 892 g/mol. The zero-order chi connectivity index (χ0) is 44.1. The molecule has 0 bridgehead atoms. The van der Waals surface area contributed by atoms with Gasteiger partial charge in [0.1, 0.15) is 30.6 Å². The maximum Gasteiger partial charge on any atom is 0.373 e. The van der Waals surface area contributed by atoms with Crippen molar-refractivity contribution in [3.8, 4) is 23.0 Å². The van der Waals surface area contributed by atoms with Gasteiger partial charge in [0.2, 0.25) is 11.6 Å². The Kier molecular flexibility index (Phi) is 12.2. The first-order valence-electron chi connectivity index (χ1n) is 17.6. The van der Waals surface area contributed by atoms with Crippen LogP contribution in [0.5, 0.6) is 0 Å². The average Bonchev–Trinajstić information content (AvgIpc) is 4.09. The Bertz CT molecular complexity index is 2440. The van der Waals surface area contributed by atoms with Crippen LogP contribution in [0, 0.1) is 0 Å². The fourth-order valence-electron chi connectivity index (χ4n) is 5.28. The maximum atomic E-state index is 13.8. The molecule has 0 radical (unpaired) electrons. The molecule has 324 valence electrons. The van der Waals surface area contributed by atoms with Crippen LogP contribution in [0.1, 0.15) is 76.3 Å². The standard InChI is InChI=1S/C17H18F6N4O2S.C17H17F5N4O2S/c1-3-30(28,29)12-6-11(10-4-5-10)7-24-13(12)14-25-9-27(26-14)8-16(20,21)17(22,23)15(2,18)19;1-3-29(27,28)12-6-11(10-4-5-10)7-23-14(12)15-24-9-26(25-15)8-13(18)17(21,22)16(2,19)20/h6-7,9-10H,3-5,8H2,1-2H3;6-10H,3-5H2,1-2H3/b;13-8-. The quantitative estimate of drug-likeness (QED) is 0.107. The van der Waals surface area contributed by atoms with E-state index in [-0.39, 0.29) is 75.1 Å². The van der Waals surface area contributed by atoms with Gasteiger partial charge in [-0.3, -0.25) is 9.97 Å². The summed E-state index contributed by atoms with van der Waals surface area (Å²) in [4.78, 5) is 15.3. The molecular formula is C34H35F11N8O4S2. The molecule has 0 aromatic carbocycles. The fourth-order valence-corrected chi connectivity index (χ4v) is 7.41. The molecule has 2 saturated carbocycles. The molecule has 0 N–H and O–H groups in total. The molecule has 25 heteroatoms. The van der Waals surface area contributed by atoms with Crippen LogP contribution in [0.3, 0.4) is 0 Å². The predicted octanol–water partition coefficient (Wildman–Crippen LogP) is 8.01. The van der Waals surface area contributed by atoms with Gasteiger partial charge in [0.25, 0.3) is 0 Å². The molecule has 0 atom stereocenters. The van der Waals surface area contributed by atoms with E-state index in [9.17, 15) is 65.1 Å². The highest BCUT2D eigenvalue weighted by Crippen LogP contribution is 2.47. The Morgan fingerprint density at radius 3 is 1.54 bits per heavy atom. The number of alkyl halides is 10. The van der Waals surface area contributed by atoms with Gasteiger partial charge in [-0.15, -0.1) is 10.2 Å². The van der Waals surface area contributed by atoms with Gasteiger partial charge >= 0.3 is 29.6 Å². The Labute approximate surface area is 329 Å². The molecular weight excluding hydrogens is 858 g/mol. The molecule has 2 aliphatic rings. The van der Waals surface area contributed by atoms with Crippen molar-refractivity contribution in [1.29, 1.82) is 0 Å². The summed E-state index contributed by atoms with van der Waals surface area (Å²) in [5, 5.41) is 7.28. The van der Waals surface area contributed by atoms with Gasteiger partial charge in [-0.25, -0.2) is 40.6 Å². The zero-order valence-corrected chi connectivity index (χ0v) is 33.0. The van der Waals surface area contributed by atoms with E-state index in [0.717, 1.165) is 37.6 Å². The summed E-state index contributed by atoms with van der Waals surface area (Å²) in [6, 6.07) is 2.89. The molecule has 0 saturated heterocycles. The van der Waals surface area contributed by atoms with Crippen molar-refractivity contribution >= 4 is 25.9 Å². The van der Waals surface area contributed by atoms with Crippen LogP contribution < -0.4 is 0 Å². The van der Waals surface area contributed by atoms with Crippen LogP contribution >= 0.6 is 0 Å². The van der Waals surface area contributed by atoms with Gasteiger partial charge in [0, 0.05) is 26.2 Å². The van der Waals surface area contributed by atoms with Crippen molar-refractivity contribution in [2.24, 2.45) is 0 Å². The summed E-state index contributed by atoms with van der Waals surface area (Å²) < 4.78 is 197. The Hall–Kier alpha value is -4.55. The lowest BCUT2D eigenvalue weighted by molar-refractivity contribution is -0.306. The first-order chi connectivity index (χ1) is 27.1. The molecule has 2 fully saturated rings. The van der Waals surface area contributed by atoms with E-state index < -0.39 is 67.5 Å². The summed E-state index contributed by atoms with van der Waals surface area (Å²) in [6.07, 6.45) is 7.97. The Morgan fingerprint density at radius 2 is 1.14 bits per heavy atom. The minimum atomic E-state index is -5.63. The molecule has 4 aromatic heterocycles. The first-order valence-corrected chi connectivity index (χ1v) is 20.9. The molecule has 12 nitrogen and oxygen atoms in total. The molecule has 2 aliphatic carbocycles. The van der Waals surface area contributed by atoms with Gasteiger partial charge in [-0.05, 0) is 60.8 Å². The third-order valence-electron chi connectivity index (χ3n) is 9.21. The molecule has 0 spiro atoms. The second kappa shape index (κ2) is 15.8. The summed E-state index contributed by atoms with van der Waals surface area (Å²) in [7, 11) is -7.51.